The molecule has 30 heavy (non-hydrogen) atoms. The van der Waals surface area contributed by atoms with E-state index in [1.807, 2.05) is 36.6 Å². The topological polar surface area (TPSA) is 99.6 Å². The third-order valence-electron chi connectivity index (χ3n) is 4.86. The third kappa shape index (κ3) is 3.95. The van der Waals surface area contributed by atoms with Crippen LogP contribution in [0.3, 0.4) is 0 Å². The van der Waals surface area contributed by atoms with Crippen LogP contribution in [0.4, 0.5) is 5.82 Å². The number of nitriles is 1. The van der Waals surface area contributed by atoms with Gasteiger partial charge in [0.05, 0.1) is 35.2 Å². The average Bonchev–Trinajstić information content (AvgIpc) is 3.42. The summed E-state index contributed by atoms with van der Waals surface area (Å²) >= 11 is 7.28. The molecule has 152 valence electrons. The number of halogens is 1. The second kappa shape index (κ2) is 8.30. The van der Waals surface area contributed by atoms with Gasteiger partial charge < -0.3 is 19.3 Å². The Kier molecular flexibility index (Phi) is 5.57. The molecule has 0 saturated heterocycles. The van der Waals surface area contributed by atoms with Crippen molar-refractivity contribution in [1.82, 2.24) is 14.5 Å². The minimum Gasteiger partial charge on any atom is -0.467 e. The minimum atomic E-state index is -0.229. The predicted octanol–water partition coefficient (Wildman–Crippen LogP) is 4.88. The van der Waals surface area contributed by atoms with Gasteiger partial charge in [-0.15, -0.1) is 0 Å². The number of thioether (sulfide) groups is 1. The van der Waals surface area contributed by atoms with Crippen molar-refractivity contribution in [3.63, 3.8) is 0 Å². The lowest BCUT2D eigenvalue weighted by molar-refractivity contribution is -0.113. The zero-order valence-corrected chi connectivity index (χ0v) is 17.9. The molecule has 4 rings (SSSR count). The molecule has 9 heteroatoms. The van der Waals surface area contributed by atoms with Gasteiger partial charge >= 0.3 is 0 Å². The normalized spacial score (nSPS) is 11.0. The fraction of sp³-hybridized carbons (Fsp3) is 0.190. The van der Waals surface area contributed by atoms with Crippen LogP contribution in [0, 0.1) is 25.2 Å². The highest BCUT2D eigenvalue weighted by molar-refractivity contribution is 7.99. The Morgan fingerprint density at radius 3 is 2.97 bits per heavy atom. The standard InChI is InChI=1S/C21H18ClN5O2S/c1-12-13(2)27(10-15-4-3-7-29-15)20(16(12)9-23)26-19(28)11-30-21-24-17-6-5-14(22)8-18(17)25-21/h3-8H,10-11H2,1-2H3,(H,24,25)(H,26,28). The number of rotatable bonds is 6. The van der Waals surface area contributed by atoms with Crippen LogP contribution in [0.2, 0.25) is 5.02 Å². The van der Waals surface area contributed by atoms with Crippen molar-refractivity contribution < 1.29 is 9.21 Å². The number of hydrogen-bond acceptors (Lipinski definition) is 5. The maximum atomic E-state index is 12.7. The Balaban J connectivity index is 1.51. The van der Waals surface area contributed by atoms with Crippen molar-refractivity contribution >= 4 is 46.1 Å². The third-order valence-corrected chi connectivity index (χ3v) is 5.96. The Bertz CT molecular complexity index is 1270. The number of aromatic amines is 1. The second-order valence-corrected chi connectivity index (χ2v) is 8.15. The van der Waals surface area contributed by atoms with Crippen molar-refractivity contribution in [2.75, 3.05) is 11.1 Å². The molecule has 0 atom stereocenters. The molecule has 1 amide bonds. The number of carbonyl (C=O) groups excluding carboxylic acids is 1. The van der Waals surface area contributed by atoms with Gasteiger partial charge in [0.2, 0.25) is 5.91 Å². The van der Waals surface area contributed by atoms with Crippen molar-refractivity contribution in [2.24, 2.45) is 0 Å². The Morgan fingerprint density at radius 2 is 2.23 bits per heavy atom. The summed E-state index contributed by atoms with van der Waals surface area (Å²) < 4.78 is 7.32. The van der Waals surface area contributed by atoms with Gasteiger partial charge in [0, 0.05) is 10.7 Å². The van der Waals surface area contributed by atoms with Gasteiger partial charge in [0.25, 0.3) is 0 Å². The van der Waals surface area contributed by atoms with E-state index >= 15 is 0 Å². The number of aromatic nitrogens is 3. The number of carbonyl (C=O) groups is 1. The van der Waals surface area contributed by atoms with E-state index in [1.165, 1.54) is 11.8 Å². The van der Waals surface area contributed by atoms with Crippen LogP contribution >= 0.6 is 23.4 Å². The summed E-state index contributed by atoms with van der Waals surface area (Å²) in [6.07, 6.45) is 1.60. The van der Waals surface area contributed by atoms with E-state index in [4.69, 9.17) is 16.0 Å². The predicted molar refractivity (Wildman–Crippen MR) is 117 cm³/mol. The molecule has 4 aromatic rings. The molecule has 0 spiro atoms. The van der Waals surface area contributed by atoms with E-state index in [9.17, 15) is 10.1 Å². The first-order valence-corrected chi connectivity index (χ1v) is 10.5. The molecule has 0 saturated carbocycles. The van der Waals surface area contributed by atoms with E-state index in [2.05, 4.69) is 21.4 Å². The molecule has 3 aromatic heterocycles. The van der Waals surface area contributed by atoms with Crippen LogP contribution in [0.25, 0.3) is 11.0 Å². The van der Waals surface area contributed by atoms with Gasteiger partial charge in [0.1, 0.15) is 17.6 Å². The van der Waals surface area contributed by atoms with Crippen molar-refractivity contribution in [1.29, 1.82) is 5.26 Å². The van der Waals surface area contributed by atoms with Gasteiger partial charge in [-0.05, 0) is 49.7 Å². The SMILES string of the molecule is Cc1c(C#N)c(NC(=O)CSc2nc3ccc(Cl)cc3[nH]2)n(Cc2ccco2)c1C. The first kappa shape index (κ1) is 20.1. The molecule has 7 nitrogen and oxygen atoms in total. The number of amides is 1. The summed E-state index contributed by atoms with van der Waals surface area (Å²) in [4.78, 5) is 20.3. The first-order chi connectivity index (χ1) is 14.5. The highest BCUT2D eigenvalue weighted by Gasteiger charge is 2.20. The van der Waals surface area contributed by atoms with E-state index in [1.54, 1.807) is 18.4 Å². The minimum absolute atomic E-state index is 0.141. The molecule has 0 fully saturated rings. The lowest BCUT2D eigenvalue weighted by Crippen LogP contribution is -2.18. The van der Waals surface area contributed by atoms with Crippen molar-refractivity contribution in [2.45, 2.75) is 25.5 Å². The van der Waals surface area contributed by atoms with Crippen molar-refractivity contribution in [3.8, 4) is 6.07 Å². The molecule has 2 N–H and O–H groups in total. The summed E-state index contributed by atoms with van der Waals surface area (Å²) in [5, 5.41) is 13.8. The fourth-order valence-corrected chi connectivity index (χ4v) is 4.07. The zero-order chi connectivity index (χ0) is 21.3. The smallest absolute Gasteiger partial charge is 0.235 e. The number of nitrogens with one attached hydrogen (secondary N) is 2. The quantitative estimate of drug-likeness (QED) is 0.417. The maximum absolute atomic E-state index is 12.7. The van der Waals surface area contributed by atoms with Crippen LogP contribution in [-0.4, -0.2) is 26.2 Å². The molecule has 0 unspecified atom stereocenters. The summed E-state index contributed by atoms with van der Waals surface area (Å²) in [5.74, 6) is 1.13. The molecular formula is C21H18ClN5O2S. The number of fused-ring (bicyclic) bond motifs is 1. The summed E-state index contributed by atoms with van der Waals surface area (Å²) in [6, 6.07) is 11.3. The van der Waals surface area contributed by atoms with Crippen LogP contribution in [0.15, 0.2) is 46.2 Å². The largest absolute Gasteiger partial charge is 0.467 e. The number of hydrogen-bond donors (Lipinski definition) is 2. The summed E-state index contributed by atoms with van der Waals surface area (Å²) in [7, 11) is 0. The lowest BCUT2D eigenvalue weighted by Gasteiger charge is -2.11. The Morgan fingerprint density at radius 1 is 1.40 bits per heavy atom. The summed E-state index contributed by atoms with van der Waals surface area (Å²) in [6.45, 7) is 4.22. The molecule has 3 heterocycles. The first-order valence-electron chi connectivity index (χ1n) is 9.16. The second-order valence-electron chi connectivity index (χ2n) is 6.75. The van der Waals surface area contributed by atoms with Crippen LogP contribution in [0.1, 0.15) is 22.6 Å². The van der Waals surface area contributed by atoms with Gasteiger partial charge in [-0.25, -0.2) is 4.98 Å². The lowest BCUT2D eigenvalue weighted by atomic mass is 10.2. The molecule has 0 radical (unpaired) electrons. The highest BCUT2D eigenvalue weighted by atomic mass is 35.5. The Labute approximate surface area is 182 Å². The Hall–Kier alpha value is -3.15. The van der Waals surface area contributed by atoms with Crippen LogP contribution < -0.4 is 5.32 Å². The van der Waals surface area contributed by atoms with E-state index in [-0.39, 0.29) is 11.7 Å². The van der Waals surface area contributed by atoms with E-state index < -0.39 is 0 Å². The number of imidazole rings is 1. The number of anilines is 1. The average molecular weight is 440 g/mol. The number of furan rings is 1. The molecule has 0 aliphatic heterocycles. The van der Waals surface area contributed by atoms with E-state index in [0.29, 0.717) is 28.1 Å². The van der Waals surface area contributed by atoms with Crippen LogP contribution in [0.5, 0.6) is 0 Å². The molecule has 0 aliphatic rings. The fourth-order valence-electron chi connectivity index (χ4n) is 3.22. The number of benzene rings is 1. The summed E-state index contributed by atoms with van der Waals surface area (Å²) in [5.41, 5.74) is 3.79. The highest BCUT2D eigenvalue weighted by Crippen LogP contribution is 2.28. The van der Waals surface area contributed by atoms with Gasteiger partial charge in [-0.2, -0.15) is 5.26 Å². The molecule has 0 aliphatic carbocycles. The maximum Gasteiger partial charge on any atom is 0.235 e. The van der Waals surface area contributed by atoms with Gasteiger partial charge in [0.15, 0.2) is 5.16 Å². The number of nitrogens with zero attached hydrogens (tertiary/aromatic N) is 3. The molecular weight excluding hydrogens is 422 g/mol. The molecule has 1 aromatic carbocycles. The monoisotopic (exact) mass is 439 g/mol. The van der Waals surface area contributed by atoms with E-state index in [0.717, 1.165) is 28.1 Å². The van der Waals surface area contributed by atoms with Gasteiger partial charge in [-0.3, -0.25) is 4.79 Å². The van der Waals surface area contributed by atoms with Gasteiger partial charge in [-0.1, -0.05) is 23.4 Å². The number of H-pyrrole nitrogens is 1. The van der Waals surface area contributed by atoms with Crippen molar-refractivity contribution in [3.05, 3.63) is 64.2 Å². The molecule has 0 bridgehead atoms. The zero-order valence-electron chi connectivity index (χ0n) is 16.3. The van der Waals surface area contributed by atoms with Crippen LogP contribution in [-0.2, 0) is 11.3 Å².